The fourth-order valence-corrected chi connectivity index (χ4v) is 5.84. The van der Waals surface area contributed by atoms with Crippen LogP contribution in [-0.2, 0) is 5.41 Å². The highest BCUT2D eigenvalue weighted by Gasteiger charge is 2.68. The van der Waals surface area contributed by atoms with Gasteiger partial charge in [-0.3, -0.25) is 9.59 Å². The second kappa shape index (κ2) is 9.82. The summed E-state index contributed by atoms with van der Waals surface area (Å²) in [5, 5.41) is 12.1. The Bertz CT molecular complexity index is 1220. The molecule has 1 saturated heterocycles. The Balaban J connectivity index is 1.77. The lowest BCUT2D eigenvalue weighted by atomic mass is 9.79. The Labute approximate surface area is 219 Å². The third-order valence-electron chi connectivity index (χ3n) is 7.47. The van der Waals surface area contributed by atoms with Crippen molar-refractivity contribution in [2.45, 2.75) is 82.4 Å². The van der Waals surface area contributed by atoms with Gasteiger partial charge in [-0.05, 0) is 63.1 Å². The molecule has 2 heterocycles. The first-order valence-corrected chi connectivity index (χ1v) is 12.9. The third kappa shape index (κ3) is 4.90. The number of halogens is 6. The molecule has 1 saturated carbocycles. The van der Waals surface area contributed by atoms with Crippen LogP contribution in [0.15, 0.2) is 18.2 Å². The van der Waals surface area contributed by atoms with Crippen LogP contribution in [0.5, 0.6) is 0 Å². The number of aromatic nitrogens is 1. The van der Waals surface area contributed by atoms with Gasteiger partial charge in [0.25, 0.3) is 11.8 Å². The summed E-state index contributed by atoms with van der Waals surface area (Å²) in [6.45, 7) is 3.78. The van der Waals surface area contributed by atoms with Crippen LogP contribution in [0, 0.1) is 6.92 Å². The molecule has 2 amide bonds. The molecule has 1 aliphatic heterocycles. The minimum Gasteiger partial charge on any atom is -0.393 e. The maximum absolute atomic E-state index is 13.6. The number of nitrogens with one attached hydrogen (secondary N) is 1. The molecular weight excluding hydrogens is 536 g/mol. The smallest absolute Gasteiger partial charge is 0.393 e. The summed E-state index contributed by atoms with van der Waals surface area (Å²) in [5.74, 6) is -1.03. The first-order chi connectivity index (χ1) is 17.5. The molecule has 6 nitrogen and oxygen atoms in total. The molecular formula is C25H27F6N3O3S. The van der Waals surface area contributed by atoms with Crippen molar-refractivity contribution in [3.8, 4) is 10.4 Å². The molecule has 1 aromatic heterocycles. The third-order valence-corrected chi connectivity index (χ3v) is 8.56. The number of hydrogen-bond donors (Lipinski definition) is 2. The van der Waals surface area contributed by atoms with Gasteiger partial charge < -0.3 is 15.3 Å². The normalized spacial score (nSPS) is 22.4. The van der Waals surface area contributed by atoms with E-state index in [4.69, 9.17) is 0 Å². The van der Waals surface area contributed by atoms with Crippen molar-refractivity contribution < 1.29 is 41.0 Å². The largest absolute Gasteiger partial charge is 0.406 e. The van der Waals surface area contributed by atoms with Crippen molar-refractivity contribution in [3.63, 3.8) is 0 Å². The van der Waals surface area contributed by atoms with E-state index in [9.17, 15) is 41.0 Å². The minimum absolute atomic E-state index is 0.0597. The van der Waals surface area contributed by atoms with Gasteiger partial charge in [-0.2, -0.15) is 26.3 Å². The SMILES string of the molecule is Cc1cc(C(C)(C(F)(F)F)C(F)(F)F)ccc1-c1sc(C(=O)N[C@H]2C[C@H](O)C2)nc1C(=O)N1CCC[C@@H]1C. The average molecular weight is 564 g/mol. The number of amides is 2. The van der Waals surface area contributed by atoms with Crippen LogP contribution >= 0.6 is 11.3 Å². The Kier molecular flexibility index (Phi) is 7.32. The molecule has 2 fully saturated rings. The van der Waals surface area contributed by atoms with Crippen LogP contribution in [0.1, 0.15) is 70.9 Å². The van der Waals surface area contributed by atoms with Gasteiger partial charge in [-0.1, -0.05) is 18.2 Å². The predicted octanol–water partition coefficient (Wildman–Crippen LogP) is 5.38. The maximum Gasteiger partial charge on any atom is 0.406 e. The number of likely N-dealkylation sites (tertiary alicyclic amines) is 1. The summed E-state index contributed by atoms with van der Waals surface area (Å²) in [6.07, 6.45) is -9.43. The van der Waals surface area contributed by atoms with Gasteiger partial charge in [0.2, 0.25) is 0 Å². The zero-order valence-corrected chi connectivity index (χ0v) is 21.7. The lowest BCUT2D eigenvalue weighted by Gasteiger charge is -2.34. The molecule has 2 aliphatic rings. The Morgan fingerprint density at radius 1 is 1.13 bits per heavy atom. The molecule has 0 unspecified atom stereocenters. The van der Waals surface area contributed by atoms with Crippen molar-refractivity contribution in [1.82, 2.24) is 15.2 Å². The first-order valence-electron chi connectivity index (χ1n) is 12.1. The summed E-state index contributed by atoms with van der Waals surface area (Å²) >= 11 is 0.847. The lowest BCUT2D eigenvalue weighted by molar-refractivity contribution is -0.297. The van der Waals surface area contributed by atoms with Crippen molar-refractivity contribution in [3.05, 3.63) is 40.0 Å². The number of nitrogens with zero attached hydrogens (tertiary/aromatic N) is 2. The number of hydrogen-bond acceptors (Lipinski definition) is 5. The minimum atomic E-state index is -5.60. The molecule has 2 aromatic rings. The lowest BCUT2D eigenvalue weighted by Crippen LogP contribution is -2.51. The van der Waals surface area contributed by atoms with Gasteiger partial charge in [0.05, 0.1) is 11.0 Å². The average Bonchev–Trinajstić information content (AvgIpc) is 3.42. The number of aliphatic hydroxyl groups is 1. The molecule has 4 rings (SSSR count). The number of carbonyl (C=O) groups is 2. The van der Waals surface area contributed by atoms with Crippen LogP contribution in [0.4, 0.5) is 26.3 Å². The summed E-state index contributed by atoms with van der Waals surface area (Å²) in [4.78, 5) is 32.3. The second-order valence-corrected chi connectivity index (χ2v) is 11.1. The molecule has 208 valence electrons. The van der Waals surface area contributed by atoms with Crippen LogP contribution in [0.3, 0.4) is 0 Å². The summed E-state index contributed by atoms with van der Waals surface area (Å²) < 4.78 is 81.8. The van der Waals surface area contributed by atoms with Crippen molar-refractivity contribution >= 4 is 23.2 Å². The van der Waals surface area contributed by atoms with E-state index in [0.717, 1.165) is 42.4 Å². The molecule has 13 heteroatoms. The Morgan fingerprint density at radius 2 is 1.76 bits per heavy atom. The first kappa shape index (κ1) is 28.3. The molecule has 38 heavy (non-hydrogen) atoms. The highest BCUT2D eigenvalue weighted by molar-refractivity contribution is 7.17. The number of thiazole rings is 1. The molecule has 1 aliphatic carbocycles. The van der Waals surface area contributed by atoms with E-state index in [1.807, 2.05) is 6.92 Å². The van der Waals surface area contributed by atoms with Crippen molar-refractivity contribution in [2.24, 2.45) is 0 Å². The van der Waals surface area contributed by atoms with Crippen LogP contribution in [-0.4, -0.2) is 63.9 Å². The number of aliphatic hydroxyl groups excluding tert-OH is 1. The number of alkyl halides is 6. The van der Waals surface area contributed by atoms with Crippen LogP contribution < -0.4 is 5.32 Å². The predicted molar refractivity (Wildman–Crippen MR) is 128 cm³/mol. The Morgan fingerprint density at radius 3 is 2.26 bits per heavy atom. The summed E-state index contributed by atoms with van der Waals surface area (Å²) in [5.41, 5.74) is -4.87. The number of aryl methyl sites for hydroxylation is 1. The van der Waals surface area contributed by atoms with E-state index in [-0.39, 0.29) is 45.7 Å². The molecule has 2 N–H and O–H groups in total. The summed E-state index contributed by atoms with van der Waals surface area (Å²) in [7, 11) is 0. The highest BCUT2D eigenvalue weighted by Crippen LogP contribution is 2.52. The molecule has 0 radical (unpaired) electrons. The molecule has 1 aromatic carbocycles. The van der Waals surface area contributed by atoms with Gasteiger partial charge in [-0.15, -0.1) is 11.3 Å². The van der Waals surface area contributed by atoms with Gasteiger partial charge in [-0.25, -0.2) is 4.98 Å². The monoisotopic (exact) mass is 563 g/mol. The van der Waals surface area contributed by atoms with Crippen LogP contribution in [0.2, 0.25) is 0 Å². The van der Waals surface area contributed by atoms with E-state index < -0.39 is 41.2 Å². The fourth-order valence-electron chi connectivity index (χ4n) is 4.79. The van der Waals surface area contributed by atoms with E-state index in [2.05, 4.69) is 10.3 Å². The van der Waals surface area contributed by atoms with E-state index in [1.54, 1.807) is 4.90 Å². The quantitative estimate of drug-likeness (QED) is 0.479. The van der Waals surface area contributed by atoms with E-state index in [1.165, 1.54) is 6.92 Å². The van der Waals surface area contributed by atoms with Gasteiger partial charge >= 0.3 is 12.4 Å². The van der Waals surface area contributed by atoms with E-state index in [0.29, 0.717) is 19.4 Å². The number of carbonyl (C=O) groups excluding carboxylic acids is 2. The van der Waals surface area contributed by atoms with E-state index >= 15 is 0 Å². The summed E-state index contributed by atoms with van der Waals surface area (Å²) in [6, 6.07) is 2.34. The Hall–Kier alpha value is -2.67. The van der Waals surface area contributed by atoms with Crippen molar-refractivity contribution in [2.75, 3.05) is 6.54 Å². The van der Waals surface area contributed by atoms with Crippen LogP contribution in [0.25, 0.3) is 10.4 Å². The maximum atomic E-state index is 13.6. The van der Waals surface area contributed by atoms with Gasteiger partial charge in [0, 0.05) is 18.6 Å². The molecule has 0 spiro atoms. The van der Waals surface area contributed by atoms with Gasteiger partial charge in [0.15, 0.2) is 10.4 Å². The molecule has 0 bridgehead atoms. The number of rotatable bonds is 5. The highest BCUT2D eigenvalue weighted by atomic mass is 32.1. The topological polar surface area (TPSA) is 82.5 Å². The zero-order valence-electron chi connectivity index (χ0n) is 20.8. The molecule has 1 atom stereocenters. The number of benzene rings is 1. The zero-order chi connectivity index (χ0) is 28.2. The standard InChI is InChI=1S/C25H27F6N3O3S/c1-12-9-14(23(3,24(26,27)28)25(29,30)31)6-7-17(12)19-18(22(37)34-8-4-5-13(34)2)33-21(38-19)20(36)32-15-10-16(35)11-15/h6-7,9,13,15-16,35H,4-5,8,10-11H2,1-3H3,(H,32,36)/t13-,15-,16-/m0/s1. The second-order valence-electron chi connectivity index (χ2n) is 10.1. The van der Waals surface area contributed by atoms with Gasteiger partial charge in [0.1, 0.15) is 5.69 Å². The fraction of sp³-hybridized carbons (Fsp3) is 0.560. The van der Waals surface area contributed by atoms with Crippen molar-refractivity contribution in [1.29, 1.82) is 0 Å².